The monoisotopic (exact) mass is 176 g/mol. The lowest BCUT2D eigenvalue weighted by Crippen LogP contribution is -1.99. The number of aromatic amines is 2. The zero-order valence-corrected chi connectivity index (χ0v) is 7.99. The lowest BCUT2D eigenvalue weighted by atomic mass is 10.0. The molecule has 0 saturated heterocycles. The van der Waals surface area contributed by atoms with Crippen LogP contribution in [0.5, 0.6) is 0 Å². The first kappa shape index (κ1) is 8.10. The first-order chi connectivity index (χ1) is 6.09. The number of H-pyrrole nitrogens is 2. The zero-order chi connectivity index (χ0) is 9.59. The lowest BCUT2D eigenvalue weighted by Gasteiger charge is -2.03. The van der Waals surface area contributed by atoms with Crippen LogP contribution in [-0.4, -0.2) is 9.97 Å². The lowest BCUT2D eigenvalue weighted by molar-refractivity contribution is 1.21. The molecule has 2 rings (SSSR count). The second kappa shape index (κ2) is 2.49. The zero-order valence-electron chi connectivity index (χ0n) is 7.99. The molecule has 68 valence electrons. The Labute approximate surface area is 75.8 Å². The van der Waals surface area contributed by atoms with Crippen LogP contribution in [0.2, 0.25) is 0 Å². The number of aryl methyl sites for hydroxylation is 3. The van der Waals surface area contributed by atoms with Gasteiger partial charge < -0.3 is 9.97 Å². The highest BCUT2D eigenvalue weighted by Crippen LogP contribution is 2.20. The van der Waals surface area contributed by atoms with Gasteiger partial charge in [-0.05, 0) is 37.5 Å². The van der Waals surface area contributed by atoms with Crippen LogP contribution in [0.15, 0.2) is 10.9 Å². The Morgan fingerprint density at radius 1 is 1.00 bits per heavy atom. The van der Waals surface area contributed by atoms with E-state index in [9.17, 15) is 4.79 Å². The summed E-state index contributed by atoms with van der Waals surface area (Å²) in [6.45, 7) is 6.06. The Morgan fingerprint density at radius 2 is 1.62 bits per heavy atom. The van der Waals surface area contributed by atoms with E-state index < -0.39 is 0 Å². The Kier molecular flexibility index (Phi) is 1.55. The van der Waals surface area contributed by atoms with Crippen molar-refractivity contribution < 1.29 is 0 Å². The SMILES string of the molecule is Cc1cc(C)c2[nH]c(=O)[nH]c2c1C. The smallest absolute Gasteiger partial charge is 0.305 e. The van der Waals surface area contributed by atoms with Gasteiger partial charge in [-0.1, -0.05) is 6.07 Å². The van der Waals surface area contributed by atoms with Crippen molar-refractivity contribution in [1.82, 2.24) is 9.97 Å². The van der Waals surface area contributed by atoms with Crippen molar-refractivity contribution in [3.63, 3.8) is 0 Å². The number of hydrogen-bond acceptors (Lipinski definition) is 1. The van der Waals surface area contributed by atoms with E-state index in [0.29, 0.717) is 0 Å². The fourth-order valence-corrected chi connectivity index (χ4v) is 1.66. The number of benzene rings is 1. The van der Waals surface area contributed by atoms with E-state index in [0.717, 1.165) is 22.2 Å². The van der Waals surface area contributed by atoms with E-state index in [1.807, 2.05) is 20.8 Å². The van der Waals surface area contributed by atoms with Gasteiger partial charge in [0.2, 0.25) is 0 Å². The molecule has 0 aliphatic rings. The summed E-state index contributed by atoms with van der Waals surface area (Å²) in [5.41, 5.74) is 5.18. The third kappa shape index (κ3) is 1.08. The Morgan fingerprint density at radius 3 is 2.31 bits per heavy atom. The number of aromatic nitrogens is 2. The van der Waals surface area contributed by atoms with Crippen molar-refractivity contribution >= 4 is 11.0 Å². The molecule has 0 fully saturated rings. The average molecular weight is 176 g/mol. The molecule has 0 unspecified atom stereocenters. The molecule has 0 atom stereocenters. The minimum atomic E-state index is -0.133. The quantitative estimate of drug-likeness (QED) is 0.631. The number of hydrogen-bond donors (Lipinski definition) is 2. The second-order valence-corrected chi connectivity index (χ2v) is 3.46. The maximum absolute atomic E-state index is 11.1. The number of imidazole rings is 1. The molecule has 3 nitrogen and oxygen atoms in total. The van der Waals surface area contributed by atoms with Crippen LogP contribution in [-0.2, 0) is 0 Å². The number of rotatable bonds is 0. The molecule has 0 saturated carbocycles. The fourth-order valence-electron chi connectivity index (χ4n) is 1.66. The van der Waals surface area contributed by atoms with E-state index in [-0.39, 0.29) is 5.69 Å². The summed E-state index contributed by atoms with van der Waals surface area (Å²) in [6, 6.07) is 2.08. The molecule has 0 bridgehead atoms. The number of nitrogens with one attached hydrogen (secondary N) is 2. The van der Waals surface area contributed by atoms with Gasteiger partial charge in [-0.15, -0.1) is 0 Å². The molecule has 0 aliphatic carbocycles. The van der Waals surface area contributed by atoms with Crippen LogP contribution < -0.4 is 5.69 Å². The van der Waals surface area contributed by atoms with Gasteiger partial charge in [0.15, 0.2) is 0 Å². The summed E-state index contributed by atoms with van der Waals surface area (Å²) in [5.74, 6) is 0. The Balaban J connectivity index is 3.04. The molecule has 0 spiro atoms. The largest absolute Gasteiger partial charge is 0.323 e. The van der Waals surface area contributed by atoms with Crippen molar-refractivity contribution in [2.75, 3.05) is 0 Å². The van der Waals surface area contributed by atoms with Gasteiger partial charge in [-0.2, -0.15) is 0 Å². The minimum Gasteiger partial charge on any atom is -0.305 e. The number of fused-ring (bicyclic) bond motifs is 1. The molecular formula is C10H12N2O. The Bertz CT molecular complexity index is 519. The van der Waals surface area contributed by atoms with Crippen molar-refractivity contribution in [3.05, 3.63) is 33.2 Å². The van der Waals surface area contributed by atoms with Gasteiger partial charge in [0, 0.05) is 0 Å². The van der Waals surface area contributed by atoms with Crippen molar-refractivity contribution in [2.45, 2.75) is 20.8 Å². The molecule has 3 heteroatoms. The highest BCUT2D eigenvalue weighted by molar-refractivity contribution is 5.82. The summed E-state index contributed by atoms with van der Waals surface area (Å²) in [5, 5.41) is 0. The maximum atomic E-state index is 11.1. The third-order valence-corrected chi connectivity index (χ3v) is 2.52. The molecule has 1 aromatic heterocycles. The summed E-state index contributed by atoms with van der Waals surface area (Å²) in [6.07, 6.45) is 0. The van der Waals surface area contributed by atoms with E-state index in [2.05, 4.69) is 16.0 Å². The van der Waals surface area contributed by atoms with Crippen LogP contribution in [0.1, 0.15) is 16.7 Å². The molecule has 2 aromatic rings. The summed E-state index contributed by atoms with van der Waals surface area (Å²) < 4.78 is 0. The highest BCUT2D eigenvalue weighted by atomic mass is 16.1. The van der Waals surface area contributed by atoms with Crippen molar-refractivity contribution in [3.8, 4) is 0 Å². The first-order valence-electron chi connectivity index (χ1n) is 4.28. The van der Waals surface area contributed by atoms with Gasteiger partial charge in [0.05, 0.1) is 11.0 Å². The van der Waals surface area contributed by atoms with E-state index in [1.54, 1.807) is 0 Å². The van der Waals surface area contributed by atoms with Gasteiger partial charge in [-0.25, -0.2) is 4.79 Å². The molecule has 2 N–H and O–H groups in total. The van der Waals surface area contributed by atoms with Crippen LogP contribution in [0.25, 0.3) is 11.0 Å². The van der Waals surface area contributed by atoms with Crippen LogP contribution in [0, 0.1) is 20.8 Å². The molecule has 13 heavy (non-hydrogen) atoms. The van der Waals surface area contributed by atoms with Crippen LogP contribution >= 0.6 is 0 Å². The highest BCUT2D eigenvalue weighted by Gasteiger charge is 2.06. The van der Waals surface area contributed by atoms with E-state index in [4.69, 9.17) is 0 Å². The van der Waals surface area contributed by atoms with Gasteiger partial charge >= 0.3 is 5.69 Å². The van der Waals surface area contributed by atoms with E-state index in [1.165, 1.54) is 5.56 Å². The average Bonchev–Trinajstić information content (AvgIpc) is 2.44. The van der Waals surface area contributed by atoms with Gasteiger partial charge in [0.25, 0.3) is 0 Å². The first-order valence-corrected chi connectivity index (χ1v) is 4.28. The molecule has 1 heterocycles. The minimum absolute atomic E-state index is 0.133. The standard InChI is InChI=1S/C10H12N2O/c1-5-4-6(2)8-9(7(5)3)12-10(13)11-8/h4H,1-3H3,(H2,11,12,13). The summed E-state index contributed by atoms with van der Waals surface area (Å²) in [7, 11) is 0. The molecule has 1 aromatic carbocycles. The second-order valence-electron chi connectivity index (χ2n) is 3.46. The Hall–Kier alpha value is -1.51. The molecule has 0 amide bonds. The summed E-state index contributed by atoms with van der Waals surface area (Å²) >= 11 is 0. The predicted octanol–water partition coefficient (Wildman–Crippen LogP) is 1.78. The fraction of sp³-hybridized carbons (Fsp3) is 0.300. The van der Waals surface area contributed by atoms with Gasteiger partial charge in [-0.3, -0.25) is 0 Å². The van der Waals surface area contributed by atoms with Crippen LogP contribution in [0.3, 0.4) is 0 Å². The molecular weight excluding hydrogens is 164 g/mol. The third-order valence-electron chi connectivity index (χ3n) is 2.52. The maximum Gasteiger partial charge on any atom is 0.323 e. The topological polar surface area (TPSA) is 48.6 Å². The summed E-state index contributed by atoms with van der Waals surface area (Å²) in [4.78, 5) is 16.7. The normalized spacial score (nSPS) is 11.0. The van der Waals surface area contributed by atoms with Crippen LogP contribution in [0.4, 0.5) is 0 Å². The predicted molar refractivity (Wildman–Crippen MR) is 53.1 cm³/mol. The molecule has 0 aliphatic heterocycles. The van der Waals surface area contributed by atoms with E-state index >= 15 is 0 Å². The van der Waals surface area contributed by atoms with Crippen molar-refractivity contribution in [1.29, 1.82) is 0 Å². The van der Waals surface area contributed by atoms with Gasteiger partial charge in [0.1, 0.15) is 0 Å². The van der Waals surface area contributed by atoms with Crippen molar-refractivity contribution in [2.24, 2.45) is 0 Å². The molecule has 0 radical (unpaired) electrons.